The Hall–Kier alpha value is -4.00. The van der Waals surface area contributed by atoms with E-state index in [0.29, 0.717) is 41.5 Å². The van der Waals surface area contributed by atoms with Crippen LogP contribution in [0.1, 0.15) is 45.9 Å². The van der Waals surface area contributed by atoms with Gasteiger partial charge < -0.3 is 24.4 Å². The molecule has 5 rings (SSSR count). The molecule has 7 nitrogen and oxygen atoms in total. The summed E-state index contributed by atoms with van der Waals surface area (Å²) in [6.07, 6.45) is 0.744. The van der Waals surface area contributed by atoms with E-state index in [-0.39, 0.29) is 11.8 Å². The predicted molar refractivity (Wildman–Crippen MR) is 132 cm³/mol. The maximum atomic E-state index is 13.9. The molecule has 2 aliphatic heterocycles. The van der Waals surface area contributed by atoms with Crippen LogP contribution < -0.4 is 19.5 Å². The third-order valence-electron chi connectivity index (χ3n) is 6.74. The van der Waals surface area contributed by atoms with Crippen LogP contribution in [0.5, 0.6) is 17.2 Å². The number of rotatable bonds is 6. The largest absolute Gasteiger partial charge is 0.494 e. The average molecular weight is 473 g/mol. The SMILES string of the molecule is CCOc1ccc(NC(=O)[C@@H]2c3cc(OC)c(OC)cc3C(=O)N3CCc4ccccc4[C@@H]23)cc1. The fraction of sp³-hybridized carbons (Fsp3) is 0.286. The molecule has 0 unspecified atom stereocenters. The summed E-state index contributed by atoms with van der Waals surface area (Å²) in [5, 5.41) is 3.06. The number of amides is 2. The zero-order valence-electron chi connectivity index (χ0n) is 20.0. The third kappa shape index (κ3) is 3.97. The monoisotopic (exact) mass is 472 g/mol. The summed E-state index contributed by atoms with van der Waals surface area (Å²) in [7, 11) is 3.08. The smallest absolute Gasteiger partial charge is 0.254 e. The van der Waals surface area contributed by atoms with Crippen LogP contribution in [0.4, 0.5) is 5.69 Å². The van der Waals surface area contributed by atoms with E-state index in [2.05, 4.69) is 11.4 Å². The van der Waals surface area contributed by atoms with Crippen molar-refractivity contribution in [3.8, 4) is 17.2 Å². The molecular formula is C28H28N2O5. The van der Waals surface area contributed by atoms with Crippen molar-refractivity contribution in [2.75, 3.05) is 32.7 Å². The van der Waals surface area contributed by atoms with Crippen LogP contribution in [-0.2, 0) is 11.2 Å². The van der Waals surface area contributed by atoms with E-state index in [9.17, 15) is 9.59 Å². The van der Waals surface area contributed by atoms with E-state index >= 15 is 0 Å². The molecule has 7 heteroatoms. The van der Waals surface area contributed by atoms with Gasteiger partial charge in [-0.25, -0.2) is 0 Å². The molecule has 2 heterocycles. The number of hydrogen-bond donors (Lipinski definition) is 1. The van der Waals surface area contributed by atoms with E-state index in [1.807, 2.05) is 54.3 Å². The molecule has 2 aliphatic rings. The molecule has 180 valence electrons. The summed E-state index contributed by atoms with van der Waals surface area (Å²) >= 11 is 0. The van der Waals surface area contributed by atoms with Gasteiger partial charge >= 0.3 is 0 Å². The Bertz CT molecular complexity index is 1270. The normalized spacial score (nSPS) is 18.1. The number of nitrogens with zero attached hydrogens (tertiary/aromatic N) is 1. The molecule has 0 aliphatic carbocycles. The van der Waals surface area contributed by atoms with Gasteiger partial charge in [0.2, 0.25) is 5.91 Å². The number of nitrogens with one attached hydrogen (secondary N) is 1. The van der Waals surface area contributed by atoms with Crippen molar-refractivity contribution in [1.29, 1.82) is 0 Å². The zero-order valence-corrected chi connectivity index (χ0v) is 20.0. The van der Waals surface area contributed by atoms with Gasteiger partial charge in [-0.1, -0.05) is 24.3 Å². The molecule has 35 heavy (non-hydrogen) atoms. The van der Waals surface area contributed by atoms with E-state index in [4.69, 9.17) is 14.2 Å². The topological polar surface area (TPSA) is 77.1 Å². The van der Waals surface area contributed by atoms with Crippen LogP contribution in [0, 0.1) is 0 Å². The Morgan fingerprint density at radius 2 is 1.71 bits per heavy atom. The van der Waals surface area contributed by atoms with Crippen molar-refractivity contribution in [1.82, 2.24) is 4.90 Å². The first-order valence-corrected chi connectivity index (χ1v) is 11.7. The number of methoxy groups -OCH3 is 2. The molecule has 3 aromatic rings. The molecule has 0 aromatic heterocycles. The summed E-state index contributed by atoms with van der Waals surface area (Å²) in [6.45, 7) is 3.04. The first kappa shape index (κ1) is 22.8. The minimum absolute atomic E-state index is 0.106. The number of carbonyl (C=O) groups excluding carboxylic acids is 2. The minimum Gasteiger partial charge on any atom is -0.494 e. The van der Waals surface area contributed by atoms with Crippen LogP contribution in [0.25, 0.3) is 0 Å². The Kier molecular flexibility index (Phi) is 6.07. The fourth-order valence-electron chi connectivity index (χ4n) is 5.15. The zero-order chi connectivity index (χ0) is 24.5. The molecule has 0 spiro atoms. The van der Waals surface area contributed by atoms with Crippen molar-refractivity contribution >= 4 is 17.5 Å². The molecule has 0 saturated carbocycles. The number of fused-ring (bicyclic) bond motifs is 4. The molecule has 3 aromatic carbocycles. The maximum absolute atomic E-state index is 13.9. The van der Waals surface area contributed by atoms with Crippen LogP contribution in [0.2, 0.25) is 0 Å². The lowest BCUT2D eigenvalue weighted by Gasteiger charge is -2.45. The van der Waals surface area contributed by atoms with Crippen molar-refractivity contribution in [2.45, 2.75) is 25.3 Å². The van der Waals surface area contributed by atoms with Crippen LogP contribution in [-0.4, -0.2) is 44.1 Å². The second-order valence-electron chi connectivity index (χ2n) is 8.61. The Balaban J connectivity index is 1.61. The van der Waals surface area contributed by atoms with Gasteiger partial charge in [-0.15, -0.1) is 0 Å². The van der Waals surface area contributed by atoms with Gasteiger partial charge in [0.1, 0.15) is 5.75 Å². The lowest BCUT2D eigenvalue weighted by molar-refractivity contribution is -0.119. The number of benzene rings is 3. The lowest BCUT2D eigenvalue weighted by atomic mass is 9.75. The predicted octanol–water partition coefficient (Wildman–Crippen LogP) is 4.58. The quantitative estimate of drug-likeness (QED) is 0.568. The van der Waals surface area contributed by atoms with Gasteiger partial charge in [0.25, 0.3) is 5.91 Å². The highest BCUT2D eigenvalue weighted by atomic mass is 16.5. The van der Waals surface area contributed by atoms with Crippen molar-refractivity contribution in [2.24, 2.45) is 0 Å². The van der Waals surface area contributed by atoms with Gasteiger partial charge in [-0.3, -0.25) is 9.59 Å². The first-order valence-electron chi connectivity index (χ1n) is 11.7. The summed E-state index contributed by atoms with van der Waals surface area (Å²) in [5.41, 5.74) is 3.91. The van der Waals surface area contributed by atoms with Gasteiger partial charge in [-0.05, 0) is 66.4 Å². The highest BCUT2D eigenvalue weighted by molar-refractivity contribution is 6.05. The second-order valence-corrected chi connectivity index (χ2v) is 8.61. The number of hydrogen-bond acceptors (Lipinski definition) is 5. The molecule has 2 amide bonds. The number of ether oxygens (including phenoxy) is 3. The lowest BCUT2D eigenvalue weighted by Crippen LogP contribution is -2.49. The number of anilines is 1. The van der Waals surface area contributed by atoms with E-state index in [1.54, 1.807) is 19.2 Å². The van der Waals surface area contributed by atoms with Crippen LogP contribution in [0.3, 0.4) is 0 Å². The molecule has 2 atom stereocenters. The highest BCUT2D eigenvalue weighted by Gasteiger charge is 2.47. The summed E-state index contributed by atoms with van der Waals surface area (Å²) in [5.74, 6) is 0.753. The molecule has 0 bridgehead atoms. The molecule has 1 N–H and O–H groups in total. The van der Waals surface area contributed by atoms with Gasteiger partial charge in [0.05, 0.1) is 32.8 Å². The summed E-state index contributed by atoms with van der Waals surface area (Å²) in [4.78, 5) is 29.4. The van der Waals surface area contributed by atoms with Crippen LogP contribution >= 0.6 is 0 Å². The summed E-state index contributed by atoms with van der Waals surface area (Å²) < 4.78 is 16.5. The molecule has 0 fully saturated rings. The van der Waals surface area contributed by atoms with E-state index < -0.39 is 12.0 Å². The Labute approximate surface area is 204 Å². The molecule has 0 saturated heterocycles. The second kappa shape index (κ2) is 9.33. The van der Waals surface area contributed by atoms with Gasteiger partial charge in [0.15, 0.2) is 11.5 Å². The van der Waals surface area contributed by atoms with Crippen LogP contribution in [0.15, 0.2) is 60.7 Å². The minimum atomic E-state index is -0.629. The Morgan fingerprint density at radius 1 is 1.00 bits per heavy atom. The maximum Gasteiger partial charge on any atom is 0.254 e. The Morgan fingerprint density at radius 3 is 2.43 bits per heavy atom. The average Bonchev–Trinajstić information content (AvgIpc) is 2.89. The van der Waals surface area contributed by atoms with Gasteiger partial charge in [0, 0.05) is 17.8 Å². The van der Waals surface area contributed by atoms with Crippen molar-refractivity contribution in [3.63, 3.8) is 0 Å². The standard InChI is InChI=1S/C28H28N2O5/c1-4-35-19-11-9-18(10-12-19)29-27(31)25-21-15-23(33-2)24(34-3)16-22(21)28(32)30-14-13-17-7-5-6-8-20(17)26(25)30/h5-12,15-16,25-26H,4,13-14H2,1-3H3,(H,29,31)/t25-,26+/m1/s1. The molecule has 0 radical (unpaired) electrons. The van der Waals surface area contributed by atoms with Crippen molar-refractivity contribution in [3.05, 3.63) is 82.9 Å². The fourth-order valence-corrected chi connectivity index (χ4v) is 5.15. The first-order chi connectivity index (χ1) is 17.0. The van der Waals surface area contributed by atoms with E-state index in [1.165, 1.54) is 7.11 Å². The van der Waals surface area contributed by atoms with Crippen molar-refractivity contribution < 1.29 is 23.8 Å². The molecular weight excluding hydrogens is 444 g/mol. The van der Waals surface area contributed by atoms with E-state index in [0.717, 1.165) is 23.3 Å². The summed E-state index contributed by atoms with van der Waals surface area (Å²) in [6, 6.07) is 18.4. The third-order valence-corrected chi connectivity index (χ3v) is 6.74. The highest BCUT2D eigenvalue weighted by Crippen LogP contribution is 2.48. The number of carbonyl (C=O) groups is 2. The van der Waals surface area contributed by atoms with Gasteiger partial charge in [-0.2, -0.15) is 0 Å².